The number of nitrogens with zero attached hydrogens (tertiary/aromatic N) is 1. The monoisotopic (exact) mass is 123 g/mol. The van der Waals surface area contributed by atoms with E-state index in [1.165, 1.54) is 11.5 Å². The maximum absolute atomic E-state index is 5.11. The Balaban J connectivity index is 3.15. The van der Waals surface area contributed by atoms with Gasteiger partial charge in [0, 0.05) is 5.38 Å². The van der Waals surface area contributed by atoms with Crippen molar-refractivity contribution in [3.63, 3.8) is 0 Å². The Hall–Kier alpha value is -0.810. The van der Waals surface area contributed by atoms with Crippen LogP contribution < -0.4 is 0 Å². The van der Waals surface area contributed by atoms with Crippen molar-refractivity contribution in [1.82, 2.24) is 4.37 Å². The molecule has 0 N–H and O–H groups in total. The first-order valence-corrected chi connectivity index (χ1v) is 3.06. The number of hydrogen-bond donors (Lipinski definition) is 0. The van der Waals surface area contributed by atoms with Gasteiger partial charge in [0.1, 0.15) is 0 Å². The molecule has 0 atom stereocenters. The van der Waals surface area contributed by atoms with Crippen LogP contribution in [-0.2, 0) is 0 Å². The highest BCUT2D eigenvalue weighted by Gasteiger charge is 1.92. The predicted octanol–water partition coefficient (Wildman–Crippen LogP) is 1.43. The third kappa shape index (κ3) is 0.728. The Morgan fingerprint density at radius 3 is 2.88 bits per heavy atom. The Bertz CT molecular complexity index is 219. The summed E-state index contributed by atoms with van der Waals surface area (Å²) in [4.78, 5) is 0. The first-order chi connectivity index (χ1) is 3.84. The molecule has 0 saturated carbocycles. The zero-order chi connectivity index (χ0) is 5.98. The van der Waals surface area contributed by atoms with Crippen LogP contribution in [0.1, 0.15) is 11.3 Å². The zero-order valence-electron chi connectivity index (χ0n) is 4.51. The third-order valence-electron chi connectivity index (χ3n) is 0.905. The summed E-state index contributed by atoms with van der Waals surface area (Å²) in [5, 5.41) is 1.87. The lowest BCUT2D eigenvalue weighted by Gasteiger charge is -1.77. The molecule has 1 heterocycles. The molecular formula is C6H5NS. The number of terminal acetylenes is 1. The second-order valence-corrected chi connectivity index (χ2v) is 2.09. The second kappa shape index (κ2) is 1.97. The Kier molecular flexibility index (Phi) is 1.32. The van der Waals surface area contributed by atoms with E-state index in [0.29, 0.717) is 0 Å². The lowest BCUT2D eigenvalue weighted by atomic mass is 10.3. The van der Waals surface area contributed by atoms with Crippen LogP contribution in [0.5, 0.6) is 0 Å². The Morgan fingerprint density at radius 1 is 1.88 bits per heavy atom. The molecule has 0 spiro atoms. The fraction of sp³-hybridized carbons (Fsp3) is 0.167. The van der Waals surface area contributed by atoms with E-state index in [1.807, 2.05) is 12.3 Å². The summed E-state index contributed by atoms with van der Waals surface area (Å²) in [6.45, 7) is 1.91. The van der Waals surface area contributed by atoms with Crippen molar-refractivity contribution in [3.8, 4) is 12.3 Å². The van der Waals surface area contributed by atoms with Crippen molar-refractivity contribution in [1.29, 1.82) is 0 Å². The van der Waals surface area contributed by atoms with Gasteiger partial charge < -0.3 is 0 Å². The SMILES string of the molecule is C#Cc1csnc1C. The van der Waals surface area contributed by atoms with E-state index < -0.39 is 0 Å². The maximum atomic E-state index is 5.11. The highest BCUT2D eigenvalue weighted by Crippen LogP contribution is 2.05. The van der Waals surface area contributed by atoms with Crippen molar-refractivity contribution in [3.05, 3.63) is 16.6 Å². The average Bonchev–Trinajstić information content (AvgIpc) is 2.14. The van der Waals surface area contributed by atoms with Gasteiger partial charge in [0.15, 0.2) is 0 Å². The van der Waals surface area contributed by atoms with E-state index in [1.54, 1.807) is 0 Å². The van der Waals surface area contributed by atoms with Gasteiger partial charge in [-0.25, -0.2) is 0 Å². The van der Waals surface area contributed by atoms with Crippen molar-refractivity contribution >= 4 is 11.5 Å². The van der Waals surface area contributed by atoms with Crippen molar-refractivity contribution in [2.45, 2.75) is 6.92 Å². The fourth-order valence-corrected chi connectivity index (χ4v) is 1.08. The smallest absolute Gasteiger partial charge is 0.0667 e. The van der Waals surface area contributed by atoms with E-state index in [-0.39, 0.29) is 0 Å². The zero-order valence-corrected chi connectivity index (χ0v) is 5.33. The molecule has 0 radical (unpaired) electrons. The van der Waals surface area contributed by atoms with Crippen LogP contribution in [0, 0.1) is 19.3 Å². The number of hydrogen-bond acceptors (Lipinski definition) is 2. The van der Waals surface area contributed by atoms with Gasteiger partial charge in [-0.1, -0.05) is 5.92 Å². The van der Waals surface area contributed by atoms with E-state index in [0.717, 1.165) is 11.3 Å². The van der Waals surface area contributed by atoms with Crippen LogP contribution in [-0.4, -0.2) is 4.37 Å². The summed E-state index contributed by atoms with van der Waals surface area (Å²) < 4.78 is 3.99. The molecule has 0 bridgehead atoms. The standard InChI is InChI=1S/C6H5NS/c1-3-6-4-8-7-5(6)2/h1,4H,2H3. The Labute approximate surface area is 52.5 Å². The van der Waals surface area contributed by atoms with Gasteiger partial charge >= 0.3 is 0 Å². The maximum Gasteiger partial charge on any atom is 0.0667 e. The summed E-state index contributed by atoms with van der Waals surface area (Å²) in [7, 11) is 0. The molecule has 1 aromatic heterocycles. The minimum atomic E-state index is 0.912. The van der Waals surface area contributed by atoms with Crippen molar-refractivity contribution < 1.29 is 0 Å². The van der Waals surface area contributed by atoms with Gasteiger partial charge in [-0.15, -0.1) is 6.42 Å². The molecule has 1 rings (SSSR count). The lowest BCUT2D eigenvalue weighted by molar-refractivity contribution is 1.33. The van der Waals surface area contributed by atoms with Crippen LogP contribution >= 0.6 is 11.5 Å². The van der Waals surface area contributed by atoms with Crippen molar-refractivity contribution in [2.75, 3.05) is 0 Å². The van der Waals surface area contributed by atoms with Crippen LogP contribution in [0.4, 0.5) is 0 Å². The molecule has 0 unspecified atom stereocenters. The van der Waals surface area contributed by atoms with Crippen LogP contribution in [0.15, 0.2) is 5.38 Å². The van der Waals surface area contributed by atoms with E-state index in [4.69, 9.17) is 6.42 Å². The van der Waals surface area contributed by atoms with E-state index in [2.05, 4.69) is 10.3 Å². The molecule has 8 heavy (non-hydrogen) atoms. The molecule has 0 saturated heterocycles. The van der Waals surface area contributed by atoms with E-state index >= 15 is 0 Å². The number of aryl methyl sites for hydroxylation is 1. The van der Waals surface area contributed by atoms with E-state index in [9.17, 15) is 0 Å². The van der Waals surface area contributed by atoms with Gasteiger partial charge in [-0.3, -0.25) is 0 Å². The number of aromatic nitrogens is 1. The third-order valence-corrected chi connectivity index (χ3v) is 1.63. The highest BCUT2D eigenvalue weighted by atomic mass is 32.1. The molecule has 40 valence electrons. The predicted molar refractivity (Wildman–Crippen MR) is 34.8 cm³/mol. The largest absolute Gasteiger partial charge is 0.197 e. The molecule has 1 aromatic rings. The Morgan fingerprint density at radius 2 is 2.62 bits per heavy atom. The van der Waals surface area contributed by atoms with Crippen LogP contribution in [0.25, 0.3) is 0 Å². The summed E-state index contributed by atoms with van der Waals surface area (Å²) >= 11 is 1.40. The van der Waals surface area contributed by atoms with Gasteiger partial charge in [0.2, 0.25) is 0 Å². The molecule has 1 nitrogen and oxygen atoms in total. The minimum Gasteiger partial charge on any atom is -0.197 e. The molecule has 0 aliphatic carbocycles. The van der Waals surface area contributed by atoms with Crippen molar-refractivity contribution in [2.24, 2.45) is 0 Å². The second-order valence-electron chi connectivity index (χ2n) is 1.46. The summed E-state index contributed by atoms with van der Waals surface area (Å²) in [5.41, 5.74) is 1.87. The molecule has 0 aliphatic rings. The van der Waals surface area contributed by atoms with Crippen LogP contribution in [0.3, 0.4) is 0 Å². The normalized spacial score (nSPS) is 8.50. The molecular weight excluding hydrogens is 118 g/mol. The molecule has 2 heteroatoms. The summed E-state index contributed by atoms with van der Waals surface area (Å²) in [5.74, 6) is 2.52. The summed E-state index contributed by atoms with van der Waals surface area (Å²) in [6.07, 6.45) is 5.11. The first kappa shape index (κ1) is 5.33. The quantitative estimate of drug-likeness (QED) is 0.475. The highest BCUT2D eigenvalue weighted by molar-refractivity contribution is 7.03. The van der Waals surface area contributed by atoms with Gasteiger partial charge in [0.25, 0.3) is 0 Å². The van der Waals surface area contributed by atoms with Crippen LogP contribution in [0.2, 0.25) is 0 Å². The number of rotatable bonds is 0. The van der Waals surface area contributed by atoms with Gasteiger partial charge in [0.05, 0.1) is 11.3 Å². The average molecular weight is 123 g/mol. The minimum absolute atomic E-state index is 0.912. The fourth-order valence-electron chi connectivity index (χ4n) is 0.431. The lowest BCUT2D eigenvalue weighted by Crippen LogP contribution is -1.71. The molecule has 0 aromatic carbocycles. The molecule has 0 aliphatic heterocycles. The molecule has 0 fully saturated rings. The first-order valence-electron chi connectivity index (χ1n) is 2.22. The van der Waals surface area contributed by atoms with Gasteiger partial charge in [-0.05, 0) is 18.5 Å². The van der Waals surface area contributed by atoms with Gasteiger partial charge in [-0.2, -0.15) is 4.37 Å². The summed E-state index contributed by atoms with van der Waals surface area (Å²) in [6, 6.07) is 0. The topological polar surface area (TPSA) is 12.9 Å². The molecule has 0 amide bonds.